The molecule has 2 N–H and O–H groups in total. The van der Waals surface area contributed by atoms with Gasteiger partial charge in [0.25, 0.3) is 0 Å². The lowest BCUT2D eigenvalue weighted by Gasteiger charge is -2.13. The van der Waals surface area contributed by atoms with Gasteiger partial charge in [-0.3, -0.25) is 4.99 Å². The summed E-state index contributed by atoms with van der Waals surface area (Å²) >= 11 is 6.19. The summed E-state index contributed by atoms with van der Waals surface area (Å²) < 4.78 is 10.9. The van der Waals surface area contributed by atoms with E-state index in [4.69, 9.17) is 21.1 Å². The fourth-order valence-electron chi connectivity index (χ4n) is 2.51. The van der Waals surface area contributed by atoms with E-state index in [1.807, 2.05) is 37.3 Å². The first-order chi connectivity index (χ1) is 13.2. The van der Waals surface area contributed by atoms with Crippen LogP contribution in [0.25, 0.3) is 0 Å². The van der Waals surface area contributed by atoms with Gasteiger partial charge in [-0.1, -0.05) is 54.1 Å². The summed E-state index contributed by atoms with van der Waals surface area (Å²) in [5.74, 6) is 0.730. The molecule has 0 aliphatic rings. The zero-order chi connectivity index (χ0) is 19.3. The van der Waals surface area contributed by atoms with E-state index in [2.05, 4.69) is 33.8 Å². The smallest absolute Gasteiger partial charge is 0.191 e. The number of hydrogen-bond acceptors (Lipinski definition) is 3. The largest absolute Gasteiger partial charge is 0.379 e. The van der Waals surface area contributed by atoms with Gasteiger partial charge in [0.1, 0.15) is 0 Å². The molecule has 0 amide bonds. The number of nitrogens with zero attached hydrogens (tertiary/aromatic N) is 1. The molecule has 0 spiro atoms. The van der Waals surface area contributed by atoms with Crippen molar-refractivity contribution in [2.45, 2.75) is 26.6 Å². The van der Waals surface area contributed by atoms with Crippen LogP contribution in [0.5, 0.6) is 0 Å². The minimum Gasteiger partial charge on any atom is -0.379 e. The van der Waals surface area contributed by atoms with Gasteiger partial charge in [-0.2, -0.15) is 0 Å². The number of guanidine groups is 1. The predicted octanol–water partition coefficient (Wildman–Crippen LogP) is 3.76. The van der Waals surface area contributed by atoms with Crippen molar-refractivity contribution in [2.24, 2.45) is 4.99 Å². The third-order valence-corrected chi connectivity index (χ3v) is 4.29. The molecule has 5 nitrogen and oxygen atoms in total. The molecule has 0 aromatic heterocycles. The zero-order valence-electron chi connectivity index (χ0n) is 16.0. The highest BCUT2D eigenvalue weighted by molar-refractivity contribution is 6.31. The first kappa shape index (κ1) is 21.2. The van der Waals surface area contributed by atoms with Crippen LogP contribution in [0.3, 0.4) is 0 Å². The summed E-state index contributed by atoms with van der Waals surface area (Å²) in [5.41, 5.74) is 3.35. The van der Waals surface area contributed by atoms with E-state index < -0.39 is 0 Å². The average Bonchev–Trinajstić information content (AvgIpc) is 2.69. The minimum atomic E-state index is 0.584. The monoisotopic (exact) mass is 389 g/mol. The van der Waals surface area contributed by atoms with Crippen LogP contribution in [0.2, 0.25) is 5.02 Å². The number of benzene rings is 2. The maximum atomic E-state index is 6.19. The summed E-state index contributed by atoms with van der Waals surface area (Å²) in [6.07, 6.45) is 0. The van der Waals surface area contributed by atoms with Gasteiger partial charge in [0, 0.05) is 31.8 Å². The normalized spacial score (nSPS) is 11.4. The van der Waals surface area contributed by atoms with Crippen LogP contribution in [0.4, 0.5) is 0 Å². The molecule has 0 atom stereocenters. The molecule has 2 aromatic carbocycles. The first-order valence-electron chi connectivity index (χ1n) is 9.14. The highest BCUT2D eigenvalue weighted by Crippen LogP contribution is 2.14. The van der Waals surface area contributed by atoms with E-state index >= 15 is 0 Å². The van der Waals surface area contributed by atoms with Crippen LogP contribution < -0.4 is 10.6 Å². The number of ether oxygens (including phenoxy) is 2. The van der Waals surface area contributed by atoms with E-state index in [0.717, 1.165) is 28.7 Å². The third-order valence-electron chi connectivity index (χ3n) is 3.92. The molecule has 0 fully saturated rings. The molecule has 0 aliphatic carbocycles. The molecule has 146 valence electrons. The van der Waals surface area contributed by atoms with Gasteiger partial charge in [-0.15, -0.1) is 0 Å². The van der Waals surface area contributed by atoms with Crippen LogP contribution in [0.15, 0.2) is 53.5 Å². The Kier molecular flexibility index (Phi) is 9.69. The Morgan fingerprint density at radius 1 is 0.963 bits per heavy atom. The molecule has 0 heterocycles. The van der Waals surface area contributed by atoms with Crippen molar-refractivity contribution in [1.29, 1.82) is 0 Å². The molecule has 2 aromatic rings. The van der Waals surface area contributed by atoms with Crippen molar-refractivity contribution in [3.05, 3.63) is 70.2 Å². The van der Waals surface area contributed by atoms with Gasteiger partial charge in [0.15, 0.2) is 5.96 Å². The lowest BCUT2D eigenvalue weighted by atomic mass is 10.1. The number of hydrogen-bond donors (Lipinski definition) is 2. The van der Waals surface area contributed by atoms with Crippen LogP contribution in [0, 0.1) is 0 Å². The van der Waals surface area contributed by atoms with Crippen molar-refractivity contribution in [1.82, 2.24) is 10.6 Å². The Bertz CT molecular complexity index is 722. The van der Waals surface area contributed by atoms with Crippen molar-refractivity contribution < 1.29 is 9.47 Å². The second-order valence-corrected chi connectivity index (χ2v) is 6.35. The van der Waals surface area contributed by atoms with E-state index in [1.165, 1.54) is 5.56 Å². The zero-order valence-corrected chi connectivity index (χ0v) is 16.8. The van der Waals surface area contributed by atoms with Gasteiger partial charge in [0.2, 0.25) is 0 Å². The third kappa shape index (κ3) is 7.99. The van der Waals surface area contributed by atoms with Crippen molar-refractivity contribution in [3.8, 4) is 0 Å². The molecule has 0 saturated carbocycles. The van der Waals surface area contributed by atoms with Gasteiger partial charge < -0.3 is 20.1 Å². The van der Waals surface area contributed by atoms with Gasteiger partial charge in [-0.25, -0.2) is 0 Å². The van der Waals surface area contributed by atoms with E-state index in [1.54, 1.807) is 7.05 Å². The summed E-state index contributed by atoms with van der Waals surface area (Å²) in [6, 6.07) is 16.1. The molecule has 0 bridgehead atoms. The predicted molar refractivity (Wildman–Crippen MR) is 111 cm³/mol. The Morgan fingerprint density at radius 2 is 1.70 bits per heavy atom. The topological polar surface area (TPSA) is 54.9 Å². The second kappa shape index (κ2) is 12.3. The molecule has 0 radical (unpaired) electrons. The molecule has 0 saturated heterocycles. The van der Waals surface area contributed by atoms with Crippen LogP contribution in [-0.2, 0) is 29.2 Å². The lowest BCUT2D eigenvalue weighted by molar-refractivity contribution is 0.0453. The minimum absolute atomic E-state index is 0.584. The van der Waals surface area contributed by atoms with Crippen LogP contribution in [-0.4, -0.2) is 32.8 Å². The van der Waals surface area contributed by atoms with Gasteiger partial charge in [0.05, 0.1) is 19.8 Å². The van der Waals surface area contributed by atoms with E-state index in [-0.39, 0.29) is 0 Å². The molecular weight excluding hydrogens is 362 g/mol. The van der Waals surface area contributed by atoms with Crippen LogP contribution in [0.1, 0.15) is 23.6 Å². The second-order valence-electron chi connectivity index (χ2n) is 5.94. The Hall–Kier alpha value is -2.08. The number of nitrogens with one attached hydrogen (secondary N) is 2. The van der Waals surface area contributed by atoms with Crippen LogP contribution >= 0.6 is 11.6 Å². The van der Waals surface area contributed by atoms with Gasteiger partial charge >= 0.3 is 0 Å². The maximum absolute atomic E-state index is 6.19. The summed E-state index contributed by atoms with van der Waals surface area (Å²) in [7, 11) is 1.75. The Morgan fingerprint density at radius 3 is 2.48 bits per heavy atom. The Labute approximate surface area is 166 Å². The molecule has 0 aliphatic heterocycles. The van der Waals surface area contributed by atoms with Crippen molar-refractivity contribution >= 4 is 17.6 Å². The quantitative estimate of drug-likeness (QED) is 0.369. The maximum Gasteiger partial charge on any atom is 0.191 e. The van der Waals surface area contributed by atoms with E-state index in [9.17, 15) is 0 Å². The SMILES string of the molecule is CCOCCOCc1cccc(CNC(=NC)NCc2ccccc2Cl)c1. The molecule has 27 heavy (non-hydrogen) atoms. The Balaban J connectivity index is 1.78. The highest BCUT2D eigenvalue weighted by Gasteiger charge is 2.03. The lowest BCUT2D eigenvalue weighted by Crippen LogP contribution is -2.36. The summed E-state index contributed by atoms with van der Waals surface area (Å²) in [4.78, 5) is 4.26. The van der Waals surface area contributed by atoms with E-state index in [0.29, 0.717) is 32.9 Å². The summed E-state index contributed by atoms with van der Waals surface area (Å²) in [5, 5.41) is 7.35. The van der Waals surface area contributed by atoms with Crippen molar-refractivity contribution in [2.75, 3.05) is 26.9 Å². The standard InChI is InChI=1S/C21H28ClN3O2/c1-3-26-11-12-27-16-18-8-6-7-17(13-18)14-24-21(23-2)25-15-19-9-4-5-10-20(19)22/h4-10,13H,3,11-12,14-16H2,1-2H3,(H2,23,24,25). The van der Waals surface area contributed by atoms with Crippen molar-refractivity contribution in [3.63, 3.8) is 0 Å². The van der Waals surface area contributed by atoms with Gasteiger partial charge in [-0.05, 0) is 29.7 Å². The molecule has 6 heteroatoms. The molecule has 2 rings (SSSR count). The first-order valence-corrected chi connectivity index (χ1v) is 9.52. The molecular formula is C21H28ClN3O2. The fraction of sp³-hybridized carbons (Fsp3) is 0.381. The average molecular weight is 390 g/mol. The molecule has 0 unspecified atom stereocenters. The number of aliphatic imine (C=N–C) groups is 1. The summed E-state index contributed by atoms with van der Waals surface area (Å²) in [6.45, 7) is 5.81. The fourth-order valence-corrected chi connectivity index (χ4v) is 2.71. The number of rotatable bonds is 10. The highest BCUT2D eigenvalue weighted by atomic mass is 35.5. The number of halogens is 1.